The Labute approximate surface area is 144 Å². The second kappa shape index (κ2) is 7.17. The number of nitrogens with one attached hydrogen (secondary N) is 1. The first-order chi connectivity index (χ1) is 11.6. The van der Waals surface area contributed by atoms with Crippen molar-refractivity contribution in [2.75, 3.05) is 12.4 Å². The average molecular weight is 377 g/mol. The number of aryl methyl sites for hydroxylation is 1. The topological polar surface area (TPSA) is 99.0 Å². The number of rotatable bonds is 5. The van der Waals surface area contributed by atoms with Crippen LogP contribution >= 0.6 is 11.5 Å². The molecule has 8 nitrogen and oxygen atoms in total. The van der Waals surface area contributed by atoms with E-state index in [0.29, 0.717) is 11.3 Å². The summed E-state index contributed by atoms with van der Waals surface area (Å²) in [6, 6.07) is 0. The lowest BCUT2D eigenvalue weighted by atomic mass is 10.1. The van der Waals surface area contributed by atoms with Crippen molar-refractivity contribution in [3.8, 4) is 0 Å². The quantitative estimate of drug-likeness (QED) is 0.799. The molecule has 0 aliphatic carbocycles. The van der Waals surface area contributed by atoms with Gasteiger partial charge in [0, 0.05) is 22.8 Å². The molecule has 0 aromatic carbocycles. The van der Waals surface area contributed by atoms with Gasteiger partial charge in [0.15, 0.2) is 0 Å². The fourth-order valence-corrected chi connectivity index (χ4v) is 2.66. The minimum atomic E-state index is -4.40. The van der Waals surface area contributed by atoms with Crippen LogP contribution in [0.4, 0.5) is 18.3 Å². The summed E-state index contributed by atoms with van der Waals surface area (Å²) in [5.41, 5.74) is 1.00. The number of amides is 1. The number of esters is 1. The molecule has 0 saturated heterocycles. The van der Waals surface area contributed by atoms with E-state index in [1.807, 2.05) is 0 Å². The standard InChI is InChI=1S/C13H14F3N5O3S/c1-6-8(7(2)21(19-6)5-13(14,15)16)4-9(22)17-12-18-10(20-25-12)11(23)24-3/h4-5H2,1-3H3,(H,17,18,20,22). The van der Waals surface area contributed by atoms with Gasteiger partial charge in [-0.25, -0.2) is 4.79 Å². The molecule has 0 aliphatic rings. The molecule has 0 aliphatic heterocycles. The van der Waals surface area contributed by atoms with Gasteiger partial charge in [-0.1, -0.05) is 0 Å². The first-order valence-corrected chi connectivity index (χ1v) is 7.69. The molecule has 0 saturated carbocycles. The number of anilines is 1. The van der Waals surface area contributed by atoms with Crippen LogP contribution in [0.1, 0.15) is 27.6 Å². The number of methoxy groups -OCH3 is 1. The summed E-state index contributed by atoms with van der Waals surface area (Å²) < 4.78 is 46.5. The van der Waals surface area contributed by atoms with Crippen LogP contribution < -0.4 is 5.32 Å². The zero-order chi connectivity index (χ0) is 18.8. The third-order valence-electron chi connectivity index (χ3n) is 3.24. The molecule has 2 aromatic rings. The van der Waals surface area contributed by atoms with Crippen LogP contribution in [0.5, 0.6) is 0 Å². The second-order valence-electron chi connectivity index (χ2n) is 5.06. The van der Waals surface area contributed by atoms with Gasteiger partial charge < -0.3 is 10.1 Å². The molecular formula is C13H14F3N5O3S. The molecule has 2 rings (SSSR count). The van der Waals surface area contributed by atoms with Crippen LogP contribution in [-0.4, -0.2) is 44.3 Å². The molecule has 0 radical (unpaired) electrons. The minimum absolute atomic E-state index is 0.0865. The summed E-state index contributed by atoms with van der Waals surface area (Å²) in [6.45, 7) is 1.78. The summed E-state index contributed by atoms with van der Waals surface area (Å²) in [5.74, 6) is -1.43. The lowest BCUT2D eigenvalue weighted by Crippen LogP contribution is -2.20. The average Bonchev–Trinajstić information content (AvgIpc) is 3.06. The van der Waals surface area contributed by atoms with Crippen LogP contribution in [0, 0.1) is 13.8 Å². The van der Waals surface area contributed by atoms with E-state index in [2.05, 4.69) is 24.5 Å². The van der Waals surface area contributed by atoms with E-state index < -0.39 is 24.6 Å². The predicted molar refractivity (Wildman–Crippen MR) is 81.3 cm³/mol. The highest BCUT2D eigenvalue weighted by Crippen LogP contribution is 2.22. The van der Waals surface area contributed by atoms with Crippen LogP contribution in [0.25, 0.3) is 0 Å². The van der Waals surface area contributed by atoms with Crippen LogP contribution in [0.15, 0.2) is 0 Å². The Balaban J connectivity index is 2.08. The molecule has 136 valence electrons. The molecule has 0 fully saturated rings. The van der Waals surface area contributed by atoms with Crippen molar-refractivity contribution in [2.45, 2.75) is 33.0 Å². The summed E-state index contributed by atoms with van der Waals surface area (Å²) in [4.78, 5) is 27.1. The molecule has 0 bridgehead atoms. The third kappa shape index (κ3) is 4.75. The van der Waals surface area contributed by atoms with Crippen LogP contribution in [-0.2, 0) is 22.5 Å². The van der Waals surface area contributed by atoms with Gasteiger partial charge in [0.1, 0.15) is 6.54 Å². The van der Waals surface area contributed by atoms with E-state index in [4.69, 9.17) is 0 Å². The molecule has 0 spiro atoms. The zero-order valence-electron chi connectivity index (χ0n) is 13.5. The predicted octanol–water partition coefficient (Wildman–Crippen LogP) is 1.88. The minimum Gasteiger partial charge on any atom is -0.463 e. The van der Waals surface area contributed by atoms with E-state index >= 15 is 0 Å². The van der Waals surface area contributed by atoms with Gasteiger partial charge in [0.05, 0.1) is 19.2 Å². The van der Waals surface area contributed by atoms with Crippen molar-refractivity contribution in [3.05, 3.63) is 22.8 Å². The first kappa shape index (κ1) is 18.8. The lowest BCUT2D eigenvalue weighted by Gasteiger charge is -2.08. The van der Waals surface area contributed by atoms with Crippen molar-refractivity contribution in [1.29, 1.82) is 0 Å². The van der Waals surface area contributed by atoms with E-state index in [-0.39, 0.29) is 23.1 Å². The van der Waals surface area contributed by atoms with Gasteiger partial charge in [-0.05, 0) is 13.8 Å². The number of carbonyl (C=O) groups is 2. The smallest absolute Gasteiger partial charge is 0.408 e. The molecule has 0 unspecified atom stereocenters. The van der Waals surface area contributed by atoms with Crippen molar-refractivity contribution >= 4 is 28.5 Å². The number of aromatic nitrogens is 4. The SMILES string of the molecule is COC(=O)c1nsc(NC(=O)Cc2c(C)nn(CC(F)(F)F)c2C)n1. The lowest BCUT2D eigenvalue weighted by molar-refractivity contribution is -0.143. The van der Waals surface area contributed by atoms with Crippen molar-refractivity contribution in [3.63, 3.8) is 0 Å². The summed E-state index contributed by atoms with van der Waals surface area (Å²) in [7, 11) is 1.17. The number of carbonyl (C=O) groups excluding carboxylic acids is 2. The van der Waals surface area contributed by atoms with E-state index in [0.717, 1.165) is 16.2 Å². The maximum atomic E-state index is 12.5. The Bertz CT molecular complexity index is 799. The van der Waals surface area contributed by atoms with Gasteiger partial charge in [0.25, 0.3) is 5.82 Å². The number of halogens is 3. The van der Waals surface area contributed by atoms with E-state index in [1.54, 1.807) is 0 Å². The Morgan fingerprint density at radius 1 is 1.32 bits per heavy atom. The maximum Gasteiger partial charge on any atom is 0.408 e. The fourth-order valence-electron chi connectivity index (χ4n) is 2.09. The van der Waals surface area contributed by atoms with Crippen LogP contribution in [0.3, 0.4) is 0 Å². The molecule has 0 atom stereocenters. The highest BCUT2D eigenvalue weighted by Gasteiger charge is 2.30. The Morgan fingerprint density at radius 3 is 2.60 bits per heavy atom. The maximum absolute atomic E-state index is 12.5. The summed E-state index contributed by atoms with van der Waals surface area (Å²) >= 11 is 0.790. The van der Waals surface area contributed by atoms with Gasteiger partial charge in [0.2, 0.25) is 11.0 Å². The van der Waals surface area contributed by atoms with Crippen molar-refractivity contribution < 1.29 is 27.5 Å². The highest BCUT2D eigenvalue weighted by molar-refractivity contribution is 7.10. The molecule has 25 heavy (non-hydrogen) atoms. The summed E-state index contributed by atoms with van der Waals surface area (Å²) in [5, 5.41) is 6.35. The monoisotopic (exact) mass is 377 g/mol. The van der Waals surface area contributed by atoms with Gasteiger partial charge in [-0.3, -0.25) is 9.48 Å². The van der Waals surface area contributed by atoms with Crippen molar-refractivity contribution in [1.82, 2.24) is 19.1 Å². The zero-order valence-corrected chi connectivity index (χ0v) is 14.3. The number of ether oxygens (including phenoxy) is 1. The number of nitrogens with zero attached hydrogens (tertiary/aromatic N) is 4. The molecule has 1 amide bonds. The number of alkyl halides is 3. The van der Waals surface area contributed by atoms with E-state index in [9.17, 15) is 22.8 Å². The Kier molecular flexibility index (Phi) is 5.40. The van der Waals surface area contributed by atoms with Gasteiger partial charge in [-0.15, -0.1) is 0 Å². The van der Waals surface area contributed by atoms with Crippen molar-refractivity contribution in [2.24, 2.45) is 0 Å². The molecule has 2 aromatic heterocycles. The number of hydrogen-bond acceptors (Lipinski definition) is 7. The van der Waals surface area contributed by atoms with Crippen LogP contribution in [0.2, 0.25) is 0 Å². The first-order valence-electron chi connectivity index (χ1n) is 6.92. The second-order valence-corrected chi connectivity index (χ2v) is 5.81. The van der Waals surface area contributed by atoms with Gasteiger partial charge in [-0.2, -0.15) is 27.6 Å². The highest BCUT2D eigenvalue weighted by atomic mass is 32.1. The molecule has 12 heteroatoms. The van der Waals surface area contributed by atoms with E-state index in [1.165, 1.54) is 21.0 Å². The van der Waals surface area contributed by atoms with Gasteiger partial charge >= 0.3 is 12.1 Å². The molecular weight excluding hydrogens is 363 g/mol. The fraction of sp³-hybridized carbons (Fsp3) is 0.462. The number of hydrogen-bond donors (Lipinski definition) is 1. The largest absolute Gasteiger partial charge is 0.463 e. The Hall–Kier alpha value is -2.50. The molecule has 2 heterocycles. The summed E-state index contributed by atoms with van der Waals surface area (Å²) in [6.07, 6.45) is -4.58. The third-order valence-corrected chi connectivity index (χ3v) is 3.87. The molecule has 1 N–H and O–H groups in total. The normalized spacial score (nSPS) is 11.4. The Morgan fingerprint density at radius 2 is 2.00 bits per heavy atom.